The zero-order valence-electron chi connectivity index (χ0n) is 16.7. The van der Waals surface area contributed by atoms with E-state index in [9.17, 15) is 9.59 Å². The highest BCUT2D eigenvalue weighted by molar-refractivity contribution is 5.77. The van der Waals surface area contributed by atoms with Gasteiger partial charge in [-0.2, -0.15) is 0 Å². The van der Waals surface area contributed by atoms with Crippen molar-refractivity contribution in [2.45, 2.75) is 51.4 Å². The predicted octanol–water partition coefficient (Wildman–Crippen LogP) is 3.88. The number of fused-ring (bicyclic) bond motifs is 3. The largest absolute Gasteiger partial charge is 0.497 e. The van der Waals surface area contributed by atoms with Crippen molar-refractivity contribution in [2.75, 3.05) is 21.3 Å². The number of hydrogen-bond donors (Lipinski definition) is 0. The van der Waals surface area contributed by atoms with Crippen LogP contribution in [0.1, 0.15) is 56.1 Å². The van der Waals surface area contributed by atoms with Gasteiger partial charge in [-0.05, 0) is 80.0 Å². The lowest BCUT2D eigenvalue weighted by Crippen LogP contribution is -2.47. The maximum atomic E-state index is 12.7. The van der Waals surface area contributed by atoms with Crippen molar-refractivity contribution in [1.29, 1.82) is 0 Å². The molecule has 4 atom stereocenters. The number of hydrogen-bond acceptors (Lipinski definition) is 5. The van der Waals surface area contributed by atoms with Gasteiger partial charge in [0, 0.05) is 6.42 Å². The number of rotatable bonds is 5. The molecule has 2 aliphatic rings. The highest BCUT2D eigenvalue weighted by Crippen LogP contribution is 2.56. The summed E-state index contributed by atoms with van der Waals surface area (Å²) in [5, 5.41) is 0. The van der Waals surface area contributed by atoms with Crippen molar-refractivity contribution in [3.63, 3.8) is 0 Å². The van der Waals surface area contributed by atoms with Crippen molar-refractivity contribution >= 4 is 11.9 Å². The average Bonchev–Trinajstić information content (AvgIpc) is 2.71. The number of carbonyl (C=O) groups is 2. The summed E-state index contributed by atoms with van der Waals surface area (Å²) in [6.07, 6.45) is 4.72. The van der Waals surface area contributed by atoms with Gasteiger partial charge in [0.1, 0.15) is 5.75 Å². The standard InChI is InChI=1S/C22H30O5/c1-22(21(24)27-4)12-11-17-16-8-6-15(25-2)13-14(16)5-7-18(17)19(22)9-10-20(23)26-3/h6,8,13,17-19H,5,7,9-12H2,1-4H3/t17-,18+,19?,22?/m0/s1. The number of benzene rings is 1. The first-order valence-electron chi connectivity index (χ1n) is 9.76. The van der Waals surface area contributed by atoms with Crippen LogP contribution in [0.4, 0.5) is 0 Å². The molecule has 2 aliphatic carbocycles. The van der Waals surface area contributed by atoms with Gasteiger partial charge in [0.05, 0.1) is 26.7 Å². The predicted molar refractivity (Wildman–Crippen MR) is 102 cm³/mol. The van der Waals surface area contributed by atoms with Gasteiger partial charge in [0.25, 0.3) is 0 Å². The van der Waals surface area contributed by atoms with Crippen LogP contribution in [0.25, 0.3) is 0 Å². The Hall–Kier alpha value is -2.04. The van der Waals surface area contributed by atoms with Crippen LogP contribution in [0.2, 0.25) is 0 Å². The highest BCUT2D eigenvalue weighted by atomic mass is 16.5. The maximum absolute atomic E-state index is 12.7. The molecule has 0 aromatic heterocycles. The molecule has 0 N–H and O–H groups in total. The zero-order chi connectivity index (χ0) is 19.6. The molecule has 27 heavy (non-hydrogen) atoms. The van der Waals surface area contributed by atoms with Gasteiger partial charge in [-0.15, -0.1) is 0 Å². The Balaban J connectivity index is 1.92. The van der Waals surface area contributed by atoms with E-state index in [1.807, 2.05) is 13.0 Å². The van der Waals surface area contributed by atoms with Crippen LogP contribution in [0.15, 0.2) is 18.2 Å². The van der Waals surface area contributed by atoms with Crippen LogP contribution in [0.5, 0.6) is 5.75 Å². The Morgan fingerprint density at radius 2 is 1.93 bits per heavy atom. The Morgan fingerprint density at radius 1 is 1.15 bits per heavy atom. The van der Waals surface area contributed by atoms with Gasteiger partial charge < -0.3 is 14.2 Å². The Morgan fingerprint density at radius 3 is 2.59 bits per heavy atom. The van der Waals surface area contributed by atoms with Crippen LogP contribution >= 0.6 is 0 Å². The minimum absolute atomic E-state index is 0.109. The van der Waals surface area contributed by atoms with Crippen molar-refractivity contribution in [1.82, 2.24) is 0 Å². The van der Waals surface area contributed by atoms with E-state index in [-0.39, 0.29) is 17.9 Å². The summed E-state index contributed by atoms with van der Waals surface area (Å²) >= 11 is 0. The normalized spacial score (nSPS) is 29.3. The van der Waals surface area contributed by atoms with E-state index in [0.29, 0.717) is 24.7 Å². The summed E-state index contributed by atoms with van der Waals surface area (Å²) in [7, 11) is 4.56. The quantitative estimate of drug-likeness (QED) is 0.732. The third kappa shape index (κ3) is 3.56. The fraction of sp³-hybridized carbons (Fsp3) is 0.636. The molecule has 5 nitrogen and oxygen atoms in total. The minimum atomic E-state index is -0.548. The van der Waals surface area contributed by atoms with E-state index < -0.39 is 5.41 Å². The second-order valence-corrected chi connectivity index (χ2v) is 8.04. The van der Waals surface area contributed by atoms with Gasteiger partial charge >= 0.3 is 11.9 Å². The molecule has 0 saturated heterocycles. The molecule has 1 aromatic rings. The number of aryl methyl sites for hydroxylation is 1. The fourth-order valence-electron chi connectivity index (χ4n) is 5.40. The SMILES string of the molecule is COC(=O)CCC1[C@@H]2CCc3cc(OC)ccc3[C@@H]2CCC1(C)C(=O)OC. The number of esters is 2. The first kappa shape index (κ1) is 19.7. The van der Waals surface area contributed by atoms with Gasteiger partial charge in [-0.1, -0.05) is 6.07 Å². The monoisotopic (exact) mass is 374 g/mol. The Bertz CT molecular complexity index is 713. The lowest BCUT2D eigenvalue weighted by molar-refractivity contribution is -0.162. The van der Waals surface area contributed by atoms with E-state index in [1.54, 1.807) is 7.11 Å². The molecule has 2 unspecified atom stereocenters. The molecule has 0 heterocycles. The zero-order valence-corrected chi connectivity index (χ0v) is 16.7. The van der Waals surface area contributed by atoms with Crippen LogP contribution < -0.4 is 4.74 Å². The van der Waals surface area contributed by atoms with Gasteiger partial charge in [0.2, 0.25) is 0 Å². The first-order chi connectivity index (χ1) is 12.9. The van der Waals surface area contributed by atoms with E-state index >= 15 is 0 Å². The molecule has 148 valence electrons. The van der Waals surface area contributed by atoms with Crippen molar-refractivity contribution in [3.8, 4) is 5.75 Å². The molecule has 1 fully saturated rings. The van der Waals surface area contributed by atoms with Crippen LogP contribution in [-0.2, 0) is 25.5 Å². The first-order valence-corrected chi connectivity index (χ1v) is 9.76. The molecule has 0 bridgehead atoms. The minimum Gasteiger partial charge on any atom is -0.497 e. The summed E-state index contributed by atoms with van der Waals surface area (Å²) < 4.78 is 15.4. The average molecular weight is 374 g/mol. The fourth-order valence-corrected chi connectivity index (χ4v) is 5.40. The van der Waals surface area contributed by atoms with Gasteiger partial charge in [-0.3, -0.25) is 9.59 Å². The maximum Gasteiger partial charge on any atom is 0.311 e. The van der Waals surface area contributed by atoms with E-state index in [0.717, 1.165) is 31.4 Å². The summed E-state index contributed by atoms with van der Waals surface area (Å²) in [6.45, 7) is 2.01. The Kier molecular flexibility index (Phi) is 5.78. The molecule has 0 aliphatic heterocycles. The molecule has 1 saturated carbocycles. The van der Waals surface area contributed by atoms with Crippen LogP contribution in [0.3, 0.4) is 0 Å². The van der Waals surface area contributed by atoms with Crippen molar-refractivity contribution in [2.24, 2.45) is 17.3 Å². The second-order valence-electron chi connectivity index (χ2n) is 8.04. The molecule has 0 amide bonds. The van der Waals surface area contributed by atoms with Crippen molar-refractivity contribution in [3.05, 3.63) is 29.3 Å². The summed E-state index contributed by atoms with van der Waals surface area (Å²) in [6, 6.07) is 6.35. The summed E-state index contributed by atoms with van der Waals surface area (Å²) in [4.78, 5) is 24.4. The van der Waals surface area contributed by atoms with E-state index in [4.69, 9.17) is 14.2 Å². The highest BCUT2D eigenvalue weighted by Gasteiger charge is 2.52. The number of carbonyl (C=O) groups excluding carboxylic acids is 2. The summed E-state index contributed by atoms with van der Waals surface area (Å²) in [5.74, 6) is 1.41. The van der Waals surface area contributed by atoms with Gasteiger partial charge in [0.15, 0.2) is 0 Å². The van der Waals surface area contributed by atoms with E-state index in [1.165, 1.54) is 25.3 Å². The molecule has 3 rings (SSSR count). The molecule has 0 spiro atoms. The molecular weight excluding hydrogens is 344 g/mol. The molecule has 0 radical (unpaired) electrons. The number of ether oxygens (including phenoxy) is 3. The van der Waals surface area contributed by atoms with Crippen molar-refractivity contribution < 1.29 is 23.8 Å². The smallest absolute Gasteiger partial charge is 0.311 e. The molecule has 1 aromatic carbocycles. The number of methoxy groups -OCH3 is 3. The van der Waals surface area contributed by atoms with Crippen LogP contribution in [0, 0.1) is 17.3 Å². The lowest BCUT2D eigenvalue weighted by Gasteiger charge is -2.50. The second kappa shape index (κ2) is 7.91. The van der Waals surface area contributed by atoms with Crippen LogP contribution in [-0.4, -0.2) is 33.3 Å². The van der Waals surface area contributed by atoms with Gasteiger partial charge in [-0.25, -0.2) is 0 Å². The third-order valence-electron chi connectivity index (χ3n) is 6.86. The molecular formula is C22H30O5. The lowest BCUT2D eigenvalue weighted by atomic mass is 9.53. The summed E-state index contributed by atoms with van der Waals surface area (Å²) in [5.41, 5.74) is 2.18. The topological polar surface area (TPSA) is 61.8 Å². The Labute approximate surface area is 161 Å². The third-order valence-corrected chi connectivity index (χ3v) is 6.86. The molecule has 5 heteroatoms. The van der Waals surface area contributed by atoms with E-state index in [2.05, 4.69) is 12.1 Å².